The van der Waals surface area contributed by atoms with Crippen LogP contribution in [0.3, 0.4) is 0 Å². The molecule has 1 aliphatic rings. The minimum absolute atomic E-state index is 0.353. The zero-order valence-corrected chi connectivity index (χ0v) is 11.9. The molecule has 0 radical (unpaired) electrons. The predicted molar refractivity (Wildman–Crippen MR) is 78.5 cm³/mol. The molecule has 0 aromatic carbocycles. The number of fused-ring (bicyclic) bond motifs is 1. The largest absolute Gasteiger partial charge is 0.366 e. The molecule has 1 aliphatic heterocycles. The number of anilines is 1. The second kappa shape index (κ2) is 5.99. The molecule has 2 aromatic rings. The van der Waals surface area contributed by atoms with Crippen molar-refractivity contribution in [1.29, 1.82) is 5.26 Å². The Morgan fingerprint density at radius 1 is 1.40 bits per heavy atom. The number of hydrogen-bond donors (Lipinski definition) is 1. The quantitative estimate of drug-likeness (QED) is 0.929. The number of rotatable bonds is 4. The van der Waals surface area contributed by atoms with E-state index in [4.69, 9.17) is 5.26 Å². The average Bonchev–Trinajstić information content (AvgIpc) is 2.95. The third kappa shape index (κ3) is 2.79. The highest BCUT2D eigenvalue weighted by Gasteiger charge is 2.16. The molecule has 20 heavy (non-hydrogen) atoms. The van der Waals surface area contributed by atoms with E-state index >= 15 is 0 Å². The van der Waals surface area contributed by atoms with Crippen LogP contribution in [0.2, 0.25) is 0 Å². The third-order valence-corrected chi connectivity index (χ3v) is 4.43. The van der Waals surface area contributed by atoms with E-state index in [1.807, 2.05) is 17.4 Å². The Morgan fingerprint density at radius 2 is 2.30 bits per heavy atom. The van der Waals surface area contributed by atoms with Gasteiger partial charge in [0.15, 0.2) is 11.5 Å². The van der Waals surface area contributed by atoms with Crippen molar-refractivity contribution in [3.05, 3.63) is 40.0 Å². The monoisotopic (exact) mass is 285 g/mol. The summed E-state index contributed by atoms with van der Waals surface area (Å²) in [5.74, 6) is 0.572. The molecule has 0 atom stereocenters. The van der Waals surface area contributed by atoms with E-state index in [2.05, 4.69) is 31.6 Å². The zero-order chi connectivity index (χ0) is 13.8. The van der Waals surface area contributed by atoms with Gasteiger partial charge in [-0.1, -0.05) is 0 Å². The Morgan fingerprint density at radius 3 is 3.20 bits per heavy atom. The lowest BCUT2D eigenvalue weighted by molar-refractivity contribution is 0.266. The highest BCUT2D eigenvalue weighted by atomic mass is 32.1. The number of nitriles is 1. The number of nitrogens with one attached hydrogen (secondary N) is 1. The Hall–Kier alpha value is -1.97. The van der Waals surface area contributed by atoms with E-state index in [0.717, 1.165) is 32.6 Å². The molecule has 0 bridgehead atoms. The summed E-state index contributed by atoms with van der Waals surface area (Å²) in [4.78, 5) is 12.1. The standard InChI is InChI=1S/C14H15N5S/c15-9-12-14(17-4-3-16-12)18-5-7-19-6-1-13-11(10-19)2-8-20-13/h2-4,8H,1,5-7,10H2,(H,17,18). The van der Waals surface area contributed by atoms with Gasteiger partial charge in [0.25, 0.3) is 0 Å². The molecule has 102 valence electrons. The number of nitrogens with zero attached hydrogens (tertiary/aromatic N) is 4. The van der Waals surface area contributed by atoms with Crippen LogP contribution in [0.4, 0.5) is 5.82 Å². The van der Waals surface area contributed by atoms with Crippen molar-refractivity contribution in [3.8, 4) is 6.07 Å². The lowest BCUT2D eigenvalue weighted by Gasteiger charge is -2.26. The van der Waals surface area contributed by atoms with Gasteiger partial charge in [0.05, 0.1) is 0 Å². The van der Waals surface area contributed by atoms with Gasteiger partial charge in [-0.25, -0.2) is 9.97 Å². The summed E-state index contributed by atoms with van der Waals surface area (Å²) in [5.41, 5.74) is 1.81. The predicted octanol–water partition coefficient (Wildman–Crippen LogP) is 1.88. The lowest BCUT2D eigenvalue weighted by atomic mass is 10.1. The minimum atomic E-state index is 0.353. The highest BCUT2D eigenvalue weighted by Crippen LogP contribution is 2.23. The number of thiophene rings is 1. The molecule has 0 amide bonds. The molecular formula is C14H15N5S. The van der Waals surface area contributed by atoms with Gasteiger partial charge in [0, 0.05) is 43.4 Å². The van der Waals surface area contributed by atoms with Crippen molar-refractivity contribution < 1.29 is 0 Å². The molecule has 0 saturated heterocycles. The molecule has 1 N–H and O–H groups in total. The molecule has 2 aromatic heterocycles. The summed E-state index contributed by atoms with van der Waals surface area (Å²) >= 11 is 1.86. The smallest absolute Gasteiger partial charge is 0.182 e. The summed E-state index contributed by atoms with van der Waals surface area (Å²) in [6.07, 6.45) is 4.27. The fourth-order valence-corrected chi connectivity index (χ4v) is 3.27. The van der Waals surface area contributed by atoms with Crippen LogP contribution in [-0.4, -0.2) is 34.5 Å². The van der Waals surface area contributed by atoms with Crippen LogP contribution in [-0.2, 0) is 13.0 Å². The van der Waals surface area contributed by atoms with E-state index in [0.29, 0.717) is 11.5 Å². The first kappa shape index (κ1) is 13.0. The second-order valence-electron chi connectivity index (χ2n) is 4.69. The van der Waals surface area contributed by atoms with Crippen molar-refractivity contribution in [2.24, 2.45) is 0 Å². The van der Waals surface area contributed by atoms with Crippen molar-refractivity contribution in [2.45, 2.75) is 13.0 Å². The maximum absolute atomic E-state index is 8.95. The molecule has 0 aliphatic carbocycles. The molecule has 3 heterocycles. The minimum Gasteiger partial charge on any atom is -0.366 e. The second-order valence-corrected chi connectivity index (χ2v) is 5.69. The summed E-state index contributed by atoms with van der Waals surface area (Å²) in [6, 6.07) is 4.26. The van der Waals surface area contributed by atoms with Crippen LogP contribution in [0.25, 0.3) is 0 Å². The Balaban J connectivity index is 1.53. The molecule has 0 fully saturated rings. The lowest BCUT2D eigenvalue weighted by Crippen LogP contribution is -2.33. The molecule has 6 heteroatoms. The van der Waals surface area contributed by atoms with Crippen molar-refractivity contribution in [2.75, 3.05) is 25.0 Å². The van der Waals surface area contributed by atoms with Crippen LogP contribution < -0.4 is 5.32 Å². The molecule has 0 spiro atoms. The molecule has 3 rings (SSSR count). The van der Waals surface area contributed by atoms with Crippen molar-refractivity contribution >= 4 is 17.2 Å². The Bertz CT molecular complexity index is 630. The van der Waals surface area contributed by atoms with E-state index in [1.165, 1.54) is 16.6 Å². The molecule has 0 saturated carbocycles. The van der Waals surface area contributed by atoms with E-state index in [1.54, 1.807) is 6.20 Å². The van der Waals surface area contributed by atoms with Gasteiger partial charge < -0.3 is 5.32 Å². The first-order valence-corrected chi connectivity index (χ1v) is 7.47. The fourth-order valence-electron chi connectivity index (χ4n) is 2.38. The number of aromatic nitrogens is 2. The van der Waals surface area contributed by atoms with Gasteiger partial charge in [-0.05, 0) is 23.4 Å². The molecule has 0 unspecified atom stereocenters. The SMILES string of the molecule is N#Cc1nccnc1NCCN1CCc2sccc2C1. The van der Waals surface area contributed by atoms with Crippen LogP contribution in [0.1, 0.15) is 16.1 Å². The summed E-state index contributed by atoms with van der Waals surface area (Å²) in [7, 11) is 0. The van der Waals surface area contributed by atoms with Crippen LogP contribution in [0, 0.1) is 11.3 Å². The van der Waals surface area contributed by atoms with Gasteiger partial charge >= 0.3 is 0 Å². The highest BCUT2D eigenvalue weighted by molar-refractivity contribution is 7.10. The summed E-state index contributed by atoms with van der Waals surface area (Å²) in [6.45, 7) is 3.83. The van der Waals surface area contributed by atoms with E-state index in [-0.39, 0.29) is 0 Å². The van der Waals surface area contributed by atoms with Crippen molar-refractivity contribution in [1.82, 2.24) is 14.9 Å². The maximum Gasteiger partial charge on any atom is 0.182 e. The topological polar surface area (TPSA) is 64.8 Å². The van der Waals surface area contributed by atoms with Crippen molar-refractivity contribution in [3.63, 3.8) is 0 Å². The first-order chi connectivity index (χ1) is 9.86. The Labute approximate surface area is 121 Å². The van der Waals surface area contributed by atoms with Gasteiger partial charge in [-0.2, -0.15) is 5.26 Å². The van der Waals surface area contributed by atoms with E-state index < -0.39 is 0 Å². The zero-order valence-electron chi connectivity index (χ0n) is 11.0. The summed E-state index contributed by atoms with van der Waals surface area (Å²) in [5, 5.41) is 14.3. The van der Waals surface area contributed by atoms with Gasteiger partial charge in [0.2, 0.25) is 0 Å². The normalized spacial score (nSPS) is 14.6. The van der Waals surface area contributed by atoms with Crippen LogP contribution in [0.15, 0.2) is 23.8 Å². The number of hydrogen-bond acceptors (Lipinski definition) is 6. The van der Waals surface area contributed by atoms with Gasteiger partial charge in [-0.3, -0.25) is 4.90 Å². The van der Waals surface area contributed by atoms with Crippen LogP contribution >= 0.6 is 11.3 Å². The van der Waals surface area contributed by atoms with Gasteiger partial charge in [-0.15, -0.1) is 11.3 Å². The van der Waals surface area contributed by atoms with Gasteiger partial charge in [0.1, 0.15) is 6.07 Å². The van der Waals surface area contributed by atoms with E-state index in [9.17, 15) is 0 Å². The Kier molecular flexibility index (Phi) is 3.90. The van der Waals surface area contributed by atoms with Crippen LogP contribution in [0.5, 0.6) is 0 Å². The average molecular weight is 285 g/mol. The first-order valence-electron chi connectivity index (χ1n) is 6.59. The molecular weight excluding hydrogens is 270 g/mol. The summed E-state index contributed by atoms with van der Waals surface area (Å²) < 4.78 is 0. The molecule has 5 nitrogen and oxygen atoms in total. The fraction of sp³-hybridized carbons (Fsp3) is 0.357. The maximum atomic E-state index is 8.95. The third-order valence-electron chi connectivity index (χ3n) is 3.41.